The molecule has 2 aliphatic heterocycles. The molecule has 1 amide bonds. The molecule has 2 atom stereocenters. The summed E-state index contributed by atoms with van der Waals surface area (Å²) < 4.78 is 5.83. The number of carbonyl (C=O) groups excluding carboxylic acids is 1. The summed E-state index contributed by atoms with van der Waals surface area (Å²) in [6, 6.07) is 4.15. The molecule has 0 spiro atoms. The molecular formula is C18H24ClN3O2. The first kappa shape index (κ1) is 16.2. The largest absolute Gasteiger partial charge is 0.374 e. The van der Waals surface area contributed by atoms with Crippen molar-refractivity contribution < 1.29 is 9.53 Å². The third kappa shape index (κ3) is 3.11. The van der Waals surface area contributed by atoms with E-state index in [2.05, 4.69) is 14.8 Å². The molecule has 0 bridgehead atoms. The summed E-state index contributed by atoms with van der Waals surface area (Å²) in [4.78, 5) is 21.8. The number of hydrogen-bond acceptors (Lipinski definition) is 4. The molecule has 3 aliphatic rings. The van der Waals surface area contributed by atoms with E-state index in [1.54, 1.807) is 6.20 Å². The lowest BCUT2D eigenvalue weighted by molar-refractivity contribution is -0.149. The van der Waals surface area contributed by atoms with Gasteiger partial charge in [0.05, 0.1) is 23.8 Å². The molecule has 0 aromatic carbocycles. The van der Waals surface area contributed by atoms with Gasteiger partial charge in [0.2, 0.25) is 5.91 Å². The number of halogens is 1. The number of anilines is 1. The van der Waals surface area contributed by atoms with Crippen LogP contribution in [0.5, 0.6) is 0 Å². The number of pyridine rings is 1. The lowest BCUT2D eigenvalue weighted by Gasteiger charge is -2.41. The monoisotopic (exact) mass is 349 g/mol. The first-order chi connectivity index (χ1) is 11.7. The van der Waals surface area contributed by atoms with E-state index in [0.717, 1.165) is 51.1 Å². The van der Waals surface area contributed by atoms with E-state index < -0.39 is 0 Å². The lowest BCUT2D eigenvalue weighted by atomic mass is 9.94. The molecule has 2 unspecified atom stereocenters. The van der Waals surface area contributed by atoms with Crippen LogP contribution in [0.15, 0.2) is 18.3 Å². The highest BCUT2D eigenvalue weighted by Crippen LogP contribution is 2.32. The molecule has 1 aromatic heterocycles. The first-order valence-electron chi connectivity index (χ1n) is 9.01. The molecule has 6 heteroatoms. The van der Waals surface area contributed by atoms with Gasteiger partial charge in [0.1, 0.15) is 5.82 Å². The van der Waals surface area contributed by atoms with Crippen molar-refractivity contribution in [1.82, 2.24) is 9.88 Å². The molecule has 1 saturated carbocycles. The molecule has 5 nitrogen and oxygen atoms in total. The summed E-state index contributed by atoms with van der Waals surface area (Å²) in [6.07, 6.45) is 7.15. The van der Waals surface area contributed by atoms with Gasteiger partial charge in [-0.1, -0.05) is 11.6 Å². The molecule has 1 aliphatic carbocycles. The van der Waals surface area contributed by atoms with Crippen LogP contribution >= 0.6 is 11.6 Å². The quantitative estimate of drug-likeness (QED) is 0.823. The van der Waals surface area contributed by atoms with Gasteiger partial charge in [-0.05, 0) is 44.2 Å². The zero-order chi connectivity index (χ0) is 16.5. The topological polar surface area (TPSA) is 45.7 Å². The van der Waals surface area contributed by atoms with Crippen molar-refractivity contribution in [3.05, 3.63) is 23.4 Å². The number of amides is 1. The highest BCUT2D eigenvalue weighted by molar-refractivity contribution is 6.30. The lowest BCUT2D eigenvalue weighted by Crippen LogP contribution is -2.54. The minimum Gasteiger partial charge on any atom is -0.374 e. The SMILES string of the molecule is O=C(C1CCN(c2ccc(Cl)cn2)CC1)N1CCOC2CCCC21. The van der Waals surface area contributed by atoms with Crippen LogP contribution in [0.2, 0.25) is 5.02 Å². The van der Waals surface area contributed by atoms with Crippen LogP contribution in [-0.2, 0) is 9.53 Å². The normalized spacial score (nSPS) is 28.0. The van der Waals surface area contributed by atoms with Crippen molar-refractivity contribution in [3.8, 4) is 0 Å². The highest BCUT2D eigenvalue weighted by atomic mass is 35.5. The average Bonchev–Trinajstić information content (AvgIpc) is 3.11. The van der Waals surface area contributed by atoms with Crippen LogP contribution in [0.1, 0.15) is 32.1 Å². The molecule has 2 saturated heterocycles. The second-order valence-corrected chi connectivity index (χ2v) is 7.47. The van der Waals surface area contributed by atoms with Crippen LogP contribution in [0.4, 0.5) is 5.82 Å². The van der Waals surface area contributed by atoms with E-state index in [1.165, 1.54) is 6.42 Å². The smallest absolute Gasteiger partial charge is 0.226 e. The Balaban J connectivity index is 1.36. The second kappa shape index (κ2) is 6.89. The third-order valence-electron chi connectivity index (χ3n) is 5.65. The summed E-state index contributed by atoms with van der Waals surface area (Å²) in [5.41, 5.74) is 0. The van der Waals surface area contributed by atoms with Gasteiger partial charge in [0.25, 0.3) is 0 Å². The predicted molar refractivity (Wildman–Crippen MR) is 93.3 cm³/mol. The summed E-state index contributed by atoms with van der Waals surface area (Å²) in [6.45, 7) is 3.21. The molecule has 0 N–H and O–H groups in total. The summed E-state index contributed by atoms with van der Waals surface area (Å²) >= 11 is 5.90. The Bertz CT molecular complexity index is 586. The fraction of sp³-hybridized carbons (Fsp3) is 0.667. The Hall–Kier alpha value is -1.33. The van der Waals surface area contributed by atoms with Gasteiger partial charge in [-0.25, -0.2) is 4.98 Å². The van der Waals surface area contributed by atoms with Crippen LogP contribution in [-0.4, -0.2) is 54.2 Å². The Morgan fingerprint density at radius 1 is 1.17 bits per heavy atom. The number of fused-ring (bicyclic) bond motifs is 1. The predicted octanol–water partition coefficient (Wildman–Crippen LogP) is 2.73. The summed E-state index contributed by atoms with van der Waals surface area (Å²) in [5.74, 6) is 1.44. The van der Waals surface area contributed by atoms with Crippen LogP contribution in [0, 0.1) is 5.92 Å². The van der Waals surface area contributed by atoms with Crippen LogP contribution < -0.4 is 4.90 Å². The minimum absolute atomic E-state index is 0.146. The maximum Gasteiger partial charge on any atom is 0.226 e. The molecular weight excluding hydrogens is 326 g/mol. The Morgan fingerprint density at radius 2 is 2.00 bits per heavy atom. The maximum atomic E-state index is 13.0. The zero-order valence-electron chi connectivity index (χ0n) is 13.9. The number of ether oxygens (including phenoxy) is 1. The number of hydrogen-bond donors (Lipinski definition) is 0. The fourth-order valence-corrected chi connectivity index (χ4v) is 4.46. The Labute approximate surface area is 147 Å². The van der Waals surface area contributed by atoms with Gasteiger partial charge in [-0.3, -0.25) is 4.79 Å². The number of rotatable bonds is 2. The van der Waals surface area contributed by atoms with E-state index in [-0.39, 0.29) is 12.0 Å². The van der Waals surface area contributed by atoms with Gasteiger partial charge in [0.15, 0.2) is 0 Å². The van der Waals surface area contributed by atoms with E-state index >= 15 is 0 Å². The standard InChI is InChI=1S/C18H24ClN3O2/c19-14-4-5-17(20-12-14)21-8-6-13(7-9-21)18(23)22-10-11-24-16-3-1-2-15(16)22/h4-5,12-13,15-16H,1-3,6-11H2. The summed E-state index contributed by atoms with van der Waals surface area (Å²) in [7, 11) is 0. The van der Waals surface area contributed by atoms with E-state index in [0.29, 0.717) is 23.6 Å². The number of morpholine rings is 1. The van der Waals surface area contributed by atoms with Crippen molar-refractivity contribution in [3.63, 3.8) is 0 Å². The molecule has 0 radical (unpaired) electrons. The van der Waals surface area contributed by atoms with Gasteiger partial charge < -0.3 is 14.5 Å². The molecule has 3 heterocycles. The maximum absolute atomic E-state index is 13.0. The average molecular weight is 350 g/mol. The van der Waals surface area contributed by atoms with Crippen molar-refractivity contribution in [2.75, 3.05) is 31.1 Å². The Kier molecular flexibility index (Phi) is 4.63. The molecule has 1 aromatic rings. The van der Waals surface area contributed by atoms with Crippen molar-refractivity contribution >= 4 is 23.3 Å². The van der Waals surface area contributed by atoms with E-state index in [9.17, 15) is 4.79 Å². The number of nitrogens with zero attached hydrogens (tertiary/aromatic N) is 3. The van der Waals surface area contributed by atoms with Crippen molar-refractivity contribution in [1.29, 1.82) is 0 Å². The fourth-order valence-electron chi connectivity index (χ4n) is 4.34. The van der Waals surface area contributed by atoms with Crippen LogP contribution in [0.3, 0.4) is 0 Å². The van der Waals surface area contributed by atoms with Gasteiger partial charge in [-0.2, -0.15) is 0 Å². The number of piperidine rings is 1. The second-order valence-electron chi connectivity index (χ2n) is 7.04. The molecule has 4 rings (SSSR count). The number of aromatic nitrogens is 1. The van der Waals surface area contributed by atoms with E-state index in [1.807, 2.05) is 12.1 Å². The van der Waals surface area contributed by atoms with Crippen molar-refractivity contribution in [2.24, 2.45) is 5.92 Å². The van der Waals surface area contributed by atoms with E-state index in [4.69, 9.17) is 16.3 Å². The van der Waals surface area contributed by atoms with Crippen LogP contribution in [0.25, 0.3) is 0 Å². The number of carbonyl (C=O) groups is 1. The Morgan fingerprint density at radius 3 is 2.75 bits per heavy atom. The van der Waals surface area contributed by atoms with Crippen molar-refractivity contribution in [2.45, 2.75) is 44.2 Å². The zero-order valence-corrected chi connectivity index (χ0v) is 14.6. The summed E-state index contributed by atoms with van der Waals surface area (Å²) in [5, 5.41) is 0.655. The molecule has 130 valence electrons. The molecule has 3 fully saturated rings. The third-order valence-corrected chi connectivity index (χ3v) is 5.87. The van der Waals surface area contributed by atoms with Gasteiger partial charge in [-0.15, -0.1) is 0 Å². The minimum atomic E-state index is 0.146. The van der Waals surface area contributed by atoms with Gasteiger partial charge in [0, 0.05) is 31.7 Å². The first-order valence-corrected chi connectivity index (χ1v) is 9.39. The molecule has 24 heavy (non-hydrogen) atoms. The van der Waals surface area contributed by atoms with Gasteiger partial charge >= 0.3 is 0 Å². The highest BCUT2D eigenvalue weighted by Gasteiger charge is 2.40.